The molecule has 0 aliphatic carbocycles. The topological polar surface area (TPSA) is 38.3 Å². The van der Waals surface area contributed by atoms with Crippen molar-refractivity contribution in [3.8, 4) is 0 Å². The molecule has 0 amide bonds. The zero-order chi connectivity index (χ0) is 15.1. The van der Waals surface area contributed by atoms with Crippen LogP contribution in [-0.4, -0.2) is 30.6 Å². The molecule has 0 aliphatic heterocycles. The van der Waals surface area contributed by atoms with Gasteiger partial charge in [0.05, 0.1) is 0 Å². The minimum absolute atomic E-state index is 0.193. The van der Waals surface area contributed by atoms with Crippen molar-refractivity contribution in [3.05, 3.63) is 28.8 Å². The van der Waals surface area contributed by atoms with E-state index in [1.54, 1.807) is 11.8 Å². The number of carbonyl (C=O) groups is 1. The second kappa shape index (κ2) is 8.20. The SMILES string of the molecule is CCc1cc(C)cc(C)c1N[C@@H](C)C(=O)OCCSC. The van der Waals surface area contributed by atoms with Crippen LogP contribution in [0.25, 0.3) is 0 Å². The minimum atomic E-state index is -0.330. The lowest BCUT2D eigenvalue weighted by Gasteiger charge is -2.19. The van der Waals surface area contributed by atoms with Crippen molar-refractivity contribution in [2.24, 2.45) is 0 Å². The van der Waals surface area contributed by atoms with Gasteiger partial charge in [-0.15, -0.1) is 0 Å². The van der Waals surface area contributed by atoms with Crippen LogP contribution in [0.2, 0.25) is 0 Å². The molecule has 0 aliphatic rings. The Kier molecular flexibility index (Phi) is 6.93. The highest BCUT2D eigenvalue weighted by Gasteiger charge is 2.16. The van der Waals surface area contributed by atoms with Crippen LogP contribution in [0.15, 0.2) is 12.1 Å². The summed E-state index contributed by atoms with van der Waals surface area (Å²) in [5.74, 6) is 0.642. The Morgan fingerprint density at radius 1 is 1.40 bits per heavy atom. The number of rotatable bonds is 7. The lowest BCUT2D eigenvalue weighted by molar-refractivity contribution is -0.143. The van der Waals surface area contributed by atoms with Gasteiger partial charge in [-0.1, -0.05) is 24.6 Å². The Labute approximate surface area is 126 Å². The zero-order valence-electron chi connectivity index (χ0n) is 13.1. The summed E-state index contributed by atoms with van der Waals surface area (Å²) in [5, 5.41) is 3.30. The minimum Gasteiger partial charge on any atom is -0.463 e. The average Bonchev–Trinajstić information content (AvgIpc) is 2.41. The van der Waals surface area contributed by atoms with Crippen molar-refractivity contribution in [1.29, 1.82) is 0 Å². The van der Waals surface area contributed by atoms with Gasteiger partial charge < -0.3 is 10.1 Å². The second-order valence-corrected chi connectivity index (χ2v) is 5.98. The first kappa shape index (κ1) is 16.9. The molecule has 0 aromatic heterocycles. The molecule has 1 rings (SSSR count). The molecule has 0 heterocycles. The molecule has 0 bridgehead atoms. The Morgan fingerprint density at radius 2 is 2.10 bits per heavy atom. The number of hydrogen-bond acceptors (Lipinski definition) is 4. The van der Waals surface area contributed by atoms with Gasteiger partial charge in [0.15, 0.2) is 0 Å². The van der Waals surface area contributed by atoms with Crippen LogP contribution in [0, 0.1) is 13.8 Å². The summed E-state index contributed by atoms with van der Waals surface area (Å²) in [6.45, 7) is 8.61. The zero-order valence-corrected chi connectivity index (χ0v) is 13.9. The van der Waals surface area contributed by atoms with E-state index in [1.165, 1.54) is 16.7 Å². The van der Waals surface area contributed by atoms with Gasteiger partial charge in [0.1, 0.15) is 12.6 Å². The molecule has 1 aromatic rings. The van der Waals surface area contributed by atoms with Crippen molar-refractivity contribution in [2.75, 3.05) is 23.9 Å². The van der Waals surface area contributed by atoms with E-state index in [2.05, 4.69) is 38.2 Å². The van der Waals surface area contributed by atoms with E-state index in [-0.39, 0.29) is 12.0 Å². The second-order valence-electron chi connectivity index (χ2n) is 5.00. The fraction of sp³-hybridized carbons (Fsp3) is 0.562. The van der Waals surface area contributed by atoms with E-state index < -0.39 is 0 Å². The number of thioether (sulfide) groups is 1. The van der Waals surface area contributed by atoms with Crippen LogP contribution in [0.3, 0.4) is 0 Å². The predicted molar refractivity (Wildman–Crippen MR) is 87.7 cm³/mol. The maximum absolute atomic E-state index is 11.9. The van der Waals surface area contributed by atoms with E-state index in [0.717, 1.165) is 17.9 Å². The summed E-state index contributed by atoms with van der Waals surface area (Å²) >= 11 is 1.67. The van der Waals surface area contributed by atoms with Crippen molar-refractivity contribution in [3.63, 3.8) is 0 Å². The molecule has 1 atom stereocenters. The highest BCUT2D eigenvalue weighted by Crippen LogP contribution is 2.24. The summed E-state index contributed by atoms with van der Waals surface area (Å²) in [6.07, 6.45) is 2.94. The normalized spacial score (nSPS) is 12.1. The summed E-state index contributed by atoms with van der Waals surface area (Å²) in [6, 6.07) is 3.97. The van der Waals surface area contributed by atoms with E-state index in [0.29, 0.717) is 6.61 Å². The van der Waals surface area contributed by atoms with Gasteiger partial charge in [0, 0.05) is 11.4 Å². The monoisotopic (exact) mass is 295 g/mol. The largest absolute Gasteiger partial charge is 0.463 e. The number of carbonyl (C=O) groups excluding carboxylic acids is 1. The van der Waals surface area contributed by atoms with E-state index >= 15 is 0 Å². The fourth-order valence-electron chi connectivity index (χ4n) is 2.17. The molecule has 4 heteroatoms. The number of aryl methyl sites for hydroxylation is 3. The maximum atomic E-state index is 11.9. The fourth-order valence-corrected chi connectivity index (χ4v) is 2.42. The van der Waals surface area contributed by atoms with Crippen molar-refractivity contribution in [2.45, 2.75) is 40.2 Å². The molecule has 0 saturated carbocycles. The van der Waals surface area contributed by atoms with Crippen molar-refractivity contribution >= 4 is 23.4 Å². The lowest BCUT2D eigenvalue weighted by atomic mass is 10.0. The Balaban J connectivity index is 2.74. The number of esters is 1. The lowest BCUT2D eigenvalue weighted by Crippen LogP contribution is -2.29. The maximum Gasteiger partial charge on any atom is 0.328 e. The molecule has 0 radical (unpaired) electrons. The molecule has 0 unspecified atom stereocenters. The average molecular weight is 295 g/mol. The van der Waals surface area contributed by atoms with Gasteiger partial charge in [0.25, 0.3) is 0 Å². The third-order valence-electron chi connectivity index (χ3n) is 3.19. The van der Waals surface area contributed by atoms with Gasteiger partial charge >= 0.3 is 5.97 Å². The van der Waals surface area contributed by atoms with Crippen LogP contribution in [0.5, 0.6) is 0 Å². The number of hydrogen-bond donors (Lipinski definition) is 1. The molecule has 3 nitrogen and oxygen atoms in total. The summed E-state index contributed by atoms with van der Waals surface area (Å²) in [7, 11) is 0. The predicted octanol–water partition coefficient (Wildman–Crippen LogP) is 3.57. The Hall–Kier alpha value is -1.16. The van der Waals surface area contributed by atoms with Crippen LogP contribution in [0.4, 0.5) is 5.69 Å². The van der Waals surface area contributed by atoms with Crippen LogP contribution < -0.4 is 5.32 Å². The Morgan fingerprint density at radius 3 is 2.70 bits per heavy atom. The quantitative estimate of drug-likeness (QED) is 0.616. The van der Waals surface area contributed by atoms with E-state index in [1.807, 2.05) is 13.2 Å². The first-order valence-electron chi connectivity index (χ1n) is 7.01. The molecule has 1 N–H and O–H groups in total. The summed E-state index contributed by atoms with van der Waals surface area (Å²) < 4.78 is 5.23. The van der Waals surface area contributed by atoms with Crippen molar-refractivity contribution in [1.82, 2.24) is 0 Å². The highest BCUT2D eigenvalue weighted by molar-refractivity contribution is 7.98. The van der Waals surface area contributed by atoms with E-state index in [4.69, 9.17) is 4.74 Å². The molecule has 0 spiro atoms. The third-order valence-corrected chi connectivity index (χ3v) is 3.76. The van der Waals surface area contributed by atoms with Gasteiger partial charge in [-0.05, 0) is 44.6 Å². The van der Waals surface area contributed by atoms with Gasteiger partial charge in [-0.2, -0.15) is 11.8 Å². The molecule has 0 saturated heterocycles. The standard InChI is InChI=1S/C16H25NO2S/c1-6-14-10-11(2)9-12(3)15(14)17-13(4)16(18)19-7-8-20-5/h9-10,13,17H,6-8H2,1-5H3/t13-/m0/s1. The van der Waals surface area contributed by atoms with Gasteiger partial charge in [-0.25, -0.2) is 4.79 Å². The molecular weight excluding hydrogens is 270 g/mol. The number of nitrogens with one attached hydrogen (secondary N) is 1. The summed E-state index contributed by atoms with van der Waals surface area (Å²) in [5.41, 5.74) is 4.73. The molecule has 112 valence electrons. The molecular formula is C16H25NO2S. The Bertz CT molecular complexity index is 460. The van der Waals surface area contributed by atoms with Crippen LogP contribution >= 0.6 is 11.8 Å². The molecule has 1 aromatic carbocycles. The number of benzene rings is 1. The number of anilines is 1. The van der Waals surface area contributed by atoms with E-state index in [9.17, 15) is 4.79 Å². The van der Waals surface area contributed by atoms with Gasteiger partial charge in [0.2, 0.25) is 0 Å². The van der Waals surface area contributed by atoms with Crippen molar-refractivity contribution < 1.29 is 9.53 Å². The summed E-state index contributed by atoms with van der Waals surface area (Å²) in [4.78, 5) is 11.9. The highest BCUT2D eigenvalue weighted by atomic mass is 32.2. The third kappa shape index (κ3) is 4.75. The first-order valence-corrected chi connectivity index (χ1v) is 8.41. The van der Waals surface area contributed by atoms with Gasteiger partial charge in [-0.3, -0.25) is 0 Å². The number of ether oxygens (including phenoxy) is 1. The molecule has 20 heavy (non-hydrogen) atoms. The van der Waals surface area contributed by atoms with Crippen LogP contribution in [-0.2, 0) is 16.0 Å². The van der Waals surface area contributed by atoms with Crippen LogP contribution in [0.1, 0.15) is 30.5 Å². The molecule has 0 fully saturated rings. The first-order chi connectivity index (χ1) is 9.49. The smallest absolute Gasteiger partial charge is 0.328 e.